The number of hydrogen-bond acceptors (Lipinski definition) is 6. The zero-order chi connectivity index (χ0) is 22.5. The molecule has 0 spiro atoms. The number of epoxide rings is 2. The summed E-state index contributed by atoms with van der Waals surface area (Å²) in [5, 5.41) is 0. The molecule has 5 rings (SSSR count). The van der Waals surface area contributed by atoms with Gasteiger partial charge in [0.2, 0.25) is 0 Å². The van der Waals surface area contributed by atoms with E-state index in [4.69, 9.17) is 28.4 Å². The topological polar surface area (TPSA) is 62.0 Å². The molecule has 0 radical (unpaired) electrons. The summed E-state index contributed by atoms with van der Waals surface area (Å²) in [6.45, 7) is 2.94. The Morgan fingerprint density at radius 3 is 1.64 bits per heavy atom. The minimum atomic E-state index is -0.287. The highest BCUT2D eigenvalue weighted by atomic mass is 19.1. The van der Waals surface area contributed by atoms with Crippen LogP contribution < -0.4 is 9.47 Å². The van der Waals surface area contributed by atoms with E-state index in [1.54, 1.807) is 24.3 Å². The monoisotopic (exact) mass is 452 g/mol. The third-order valence-electron chi connectivity index (χ3n) is 5.35. The SMILES string of the molecule is Fc1cc(-c2ccc(OCOCC3CO3)cc2)ccc1-c1ccc(OCOCC2CO2)cc1. The Morgan fingerprint density at radius 2 is 1.15 bits per heavy atom. The molecule has 0 saturated carbocycles. The Balaban J connectivity index is 1.16. The summed E-state index contributed by atoms with van der Waals surface area (Å²) >= 11 is 0. The van der Waals surface area contributed by atoms with E-state index in [1.165, 1.54) is 0 Å². The van der Waals surface area contributed by atoms with Crippen LogP contribution in [0.5, 0.6) is 11.5 Å². The minimum absolute atomic E-state index is 0.161. The standard InChI is InChI=1S/C26H25FO6/c27-26-11-20(18-1-6-21(7-2-18)32-16-28-12-23-14-30-23)5-10-25(26)19-3-8-22(9-4-19)33-17-29-13-24-15-31-24/h1-11,23-24H,12-17H2. The van der Waals surface area contributed by atoms with Crippen LogP contribution in [-0.2, 0) is 18.9 Å². The summed E-state index contributed by atoms with van der Waals surface area (Å²) in [5.41, 5.74) is 3.00. The zero-order valence-electron chi connectivity index (χ0n) is 18.1. The lowest BCUT2D eigenvalue weighted by Crippen LogP contribution is -2.07. The van der Waals surface area contributed by atoms with Crippen LogP contribution in [-0.4, -0.2) is 52.2 Å². The molecule has 2 atom stereocenters. The van der Waals surface area contributed by atoms with Gasteiger partial charge in [-0.25, -0.2) is 4.39 Å². The van der Waals surface area contributed by atoms with Crippen LogP contribution in [0.2, 0.25) is 0 Å². The molecule has 7 heteroatoms. The van der Waals surface area contributed by atoms with E-state index in [1.807, 2.05) is 42.5 Å². The molecular formula is C26H25FO6. The lowest BCUT2D eigenvalue weighted by Gasteiger charge is -2.10. The van der Waals surface area contributed by atoms with Crippen LogP contribution in [0.3, 0.4) is 0 Å². The highest BCUT2D eigenvalue weighted by molar-refractivity contribution is 5.71. The Labute approximate surface area is 191 Å². The van der Waals surface area contributed by atoms with Crippen LogP contribution in [0, 0.1) is 5.82 Å². The molecule has 172 valence electrons. The second-order valence-corrected chi connectivity index (χ2v) is 7.92. The van der Waals surface area contributed by atoms with E-state index < -0.39 is 0 Å². The first kappa shape index (κ1) is 21.9. The first-order valence-electron chi connectivity index (χ1n) is 10.9. The van der Waals surface area contributed by atoms with Crippen LogP contribution in [0.4, 0.5) is 4.39 Å². The van der Waals surface area contributed by atoms with Gasteiger partial charge in [0.15, 0.2) is 13.6 Å². The van der Waals surface area contributed by atoms with Gasteiger partial charge in [-0.05, 0) is 47.0 Å². The normalized spacial score (nSPS) is 18.7. The predicted octanol–water partition coefficient (Wildman–Crippen LogP) is 4.66. The molecule has 0 aromatic heterocycles. The fraction of sp³-hybridized carbons (Fsp3) is 0.308. The van der Waals surface area contributed by atoms with Crippen LogP contribution in [0.25, 0.3) is 22.3 Å². The molecule has 3 aromatic rings. The maximum absolute atomic E-state index is 14.9. The lowest BCUT2D eigenvalue weighted by atomic mass is 9.99. The summed E-state index contributed by atoms with van der Waals surface area (Å²) in [6, 6.07) is 20.0. The van der Waals surface area contributed by atoms with Gasteiger partial charge >= 0.3 is 0 Å². The van der Waals surface area contributed by atoms with Gasteiger partial charge in [-0.1, -0.05) is 36.4 Å². The summed E-state index contributed by atoms with van der Waals surface area (Å²) in [6.07, 6.45) is 0.424. The van der Waals surface area contributed by atoms with Crippen molar-refractivity contribution in [2.24, 2.45) is 0 Å². The fourth-order valence-corrected chi connectivity index (χ4v) is 3.31. The second kappa shape index (κ2) is 10.3. The first-order chi connectivity index (χ1) is 16.2. The highest BCUT2D eigenvalue weighted by Gasteiger charge is 2.22. The molecule has 2 saturated heterocycles. The van der Waals surface area contributed by atoms with E-state index in [9.17, 15) is 4.39 Å². The second-order valence-electron chi connectivity index (χ2n) is 7.92. The number of ether oxygens (including phenoxy) is 6. The van der Waals surface area contributed by atoms with Crippen molar-refractivity contribution >= 4 is 0 Å². The van der Waals surface area contributed by atoms with Crippen molar-refractivity contribution < 1.29 is 32.8 Å². The number of hydrogen-bond donors (Lipinski definition) is 0. The van der Waals surface area contributed by atoms with Crippen LogP contribution >= 0.6 is 0 Å². The number of benzene rings is 3. The molecule has 0 N–H and O–H groups in total. The molecule has 0 bridgehead atoms. The predicted molar refractivity (Wildman–Crippen MR) is 120 cm³/mol. The average molecular weight is 452 g/mol. The molecule has 0 amide bonds. The van der Waals surface area contributed by atoms with Crippen LogP contribution in [0.15, 0.2) is 66.7 Å². The van der Waals surface area contributed by atoms with E-state index in [0.717, 1.165) is 29.9 Å². The minimum Gasteiger partial charge on any atom is -0.468 e. The van der Waals surface area contributed by atoms with E-state index in [2.05, 4.69) is 0 Å². The highest BCUT2D eigenvalue weighted by Crippen LogP contribution is 2.30. The van der Waals surface area contributed by atoms with E-state index >= 15 is 0 Å². The molecule has 2 unspecified atom stereocenters. The summed E-state index contributed by atoms with van der Waals surface area (Å²) in [5.74, 6) is 1.08. The van der Waals surface area contributed by atoms with Crippen molar-refractivity contribution in [2.45, 2.75) is 12.2 Å². The van der Waals surface area contributed by atoms with Crippen molar-refractivity contribution in [3.8, 4) is 33.8 Å². The van der Waals surface area contributed by atoms with Gasteiger partial charge in [0, 0.05) is 5.56 Å². The van der Waals surface area contributed by atoms with Gasteiger partial charge in [0.05, 0.1) is 26.4 Å². The van der Waals surface area contributed by atoms with Gasteiger partial charge in [0.25, 0.3) is 0 Å². The molecule has 6 nitrogen and oxygen atoms in total. The van der Waals surface area contributed by atoms with Gasteiger partial charge in [0.1, 0.15) is 29.5 Å². The van der Waals surface area contributed by atoms with Crippen LogP contribution in [0.1, 0.15) is 0 Å². The van der Waals surface area contributed by atoms with Gasteiger partial charge in [-0.3, -0.25) is 0 Å². The van der Waals surface area contributed by atoms with Crippen molar-refractivity contribution in [1.29, 1.82) is 0 Å². The maximum atomic E-state index is 14.9. The average Bonchev–Trinajstić information content (AvgIpc) is 3.76. The third-order valence-corrected chi connectivity index (χ3v) is 5.35. The molecule has 0 aliphatic carbocycles. The van der Waals surface area contributed by atoms with Gasteiger partial charge < -0.3 is 28.4 Å². The van der Waals surface area contributed by atoms with Gasteiger partial charge in [-0.2, -0.15) is 0 Å². The lowest BCUT2D eigenvalue weighted by molar-refractivity contribution is 0.00810. The Morgan fingerprint density at radius 1 is 0.667 bits per heavy atom. The maximum Gasteiger partial charge on any atom is 0.189 e. The number of halogens is 1. The Hall–Kier alpha value is -2.97. The Kier molecular flexibility index (Phi) is 6.83. The smallest absolute Gasteiger partial charge is 0.189 e. The molecular weight excluding hydrogens is 427 g/mol. The van der Waals surface area contributed by atoms with E-state index in [0.29, 0.717) is 30.3 Å². The van der Waals surface area contributed by atoms with Crippen molar-refractivity contribution in [1.82, 2.24) is 0 Å². The quantitative estimate of drug-likeness (QED) is 0.226. The molecule has 2 fully saturated rings. The summed E-state index contributed by atoms with van der Waals surface area (Å²) < 4.78 is 46.9. The van der Waals surface area contributed by atoms with E-state index in [-0.39, 0.29) is 31.6 Å². The summed E-state index contributed by atoms with van der Waals surface area (Å²) in [4.78, 5) is 0. The molecule has 33 heavy (non-hydrogen) atoms. The zero-order valence-corrected chi connectivity index (χ0v) is 18.1. The molecule has 2 aliphatic heterocycles. The Bertz CT molecular complexity index is 1050. The molecule has 3 aromatic carbocycles. The first-order valence-corrected chi connectivity index (χ1v) is 10.9. The van der Waals surface area contributed by atoms with Crippen molar-refractivity contribution in [3.05, 3.63) is 72.5 Å². The van der Waals surface area contributed by atoms with Crippen molar-refractivity contribution in [2.75, 3.05) is 40.0 Å². The van der Waals surface area contributed by atoms with Gasteiger partial charge in [-0.15, -0.1) is 0 Å². The molecule has 2 heterocycles. The van der Waals surface area contributed by atoms with Crippen molar-refractivity contribution in [3.63, 3.8) is 0 Å². The third kappa shape index (κ3) is 6.30. The largest absolute Gasteiger partial charge is 0.468 e. The molecule has 2 aliphatic rings. The fourth-order valence-electron chi connectivity index (χ4n) is 3.31. The number of rotatable bonds is 12. The summed E-state index contributed by atoms with van der Waals surface area (Å²) in [7, 11) is 0.